The number of aromatic nitrogens is 2. The standard InChI is InChI=1S/C22H24ClF3N4O3/c1-12-3-5-15(6-4-12)29-8-7-28(11-18(29)32)21(33)20-19(23)16-9-14(13(2)31)10-17(22(24,25)26)30(16)27-20/h9-10,12,15H,3-8,11H2,1-2H3. The molecule has 2 aromatic heterocycles. The Morgan fingerprint density at radius 1 is 1.12 bits per heavy atom. The van der Waals surface area contributed by atoms with Gasteiger partial charge in [-0.15, -0.1) is 0 Å². The summed E-state index contributed by atoms with van der Waals surface area (Å²) >= 11 is 6.27. The van der Waals surface area contributed by atoms with Crippen LogP contribution in [0.3, 0.4) is 0 Å². The highest BCUT2D eigenvalue weighted by Gasteiger charge is 2.38. The smallest absolute Gasteiger partial charge is 0.336 e. The Kier molecular flexibility index (Phi) is 6.15. The van der Waals surface area contributed by atoms with Crippen molar-refractivity contribution in [1.82, 2.24) is 19.4 Å². The zero-order chi connectivity index (χ0) is 24.1. The monoisotopic (exact) mass is 484 g/mol. The Morgan fingerprint density at radius 3 is 2.36 bits per heavy atom. The van der Waals surface area contributed by atoms with Crippen LogP contribution in [0.15, 0.2) is 12.1 Å². The van der Waals surface area contributed by atoms with E-state index >= 15 is 0 Å². The van der Waals surface area contributed by atoms with Gasteiger partial charge in [-0.2, -0.15) is 18.3 Å². The first-order valence-electron chi connectivity index (χ1n) is 10.9. The molecule has 2 aromatic rings. The van der Waals surface area contributed by atoms with Crippen molar-refractivity contribution in [1.29, 1.82) is 0 Å². The van der Waals surface area contributed by atoms with E-state index in [0.717, 1.165) is 32.6 Å². The lowest BCUT2D eigenvalue weighted by molar-refractivity contribution is -0.142. The fourth-order valence-corrected chi connectivity index (χ4v) is 4.86. The van der Waals surface area contributed by atoms with Crippen molar-refractivity contribution >= 4 is 34.7 Å². The number of ketones is 1. The summed E-state index contributed by atoms with van der Waals surface area (Å²) in [6, 6.07) is 2.01. The van der Waals surface area contributed by atoms with Gasteiger partial charge in [0.05, 0.1) is 10.5 Å². The first-order chi connectivity index (χ1) is 15.5. The molecule has 3 heterocycles. The number of carbonyl (C=O) groups is 3. The van der Waals surface area contributed by atoms with E-state index in [1.165, 1.54) is 11.0 Å². The number of rotatable bonds is 3. The van der Waals surface area contributed by atoms with Crippen LogP contribution < -0.4 is 0 Å². The maximum Gasteiger partial charge on any atom is 0.433 e. The van der Waals surface area contributed by atoms with Gasteiger partial charge in [0.25, 0.3) is 5.91 Å². The maximum atomic E-state index is 13.6. The van der Waals surface area contributed by atoms with Crippen LogP contribution in [0.4, 0.5) is 13.2 Å². The third-order valence-electron chi connectivity index (χ3n) is 6.54. The highest BCUT2D eigenvalue weighted by Crippen LogP contribution is 2.34. The lowest BCUT2D eigenvalue weighted by Crippen LogP contribution is -2.56. The molecule has 0 N–H and O–H groups in total. The van der Waals surface area contributed by atoms with E-state index in [-0.39, 0.29) is 46.8 Å². The van der Waals surface area contributed by atoms with E-state index in [0.29, 0.717) is 23.0 Å². The predicted octanol–water partition coefficient (Wildman–Crippen LogP) is 4.07. The molecule has 1 aliphatic heterocycles. The Bertz CT molecular complexity index is 1120. The third-order valence-corrected chi connectivity index (χ3v) is 6.92. The van der Waals surface area contributed by atoms with Gasteiger partial charge in [0.2, 0.25) is 5.91 Å². The number of hydrogen-bond donors (Lipinski definition) is 0. The van der Waals surface area contributed by atoms with Gasteiger partial charge in [-0.05, 0) is 50.7 Å². The van der Waals surface area contributed by atoms with Crippen LogP contribution in [0.2, 0.25) is 5.02 Å². The molecule has 7 nitrogen and oxygen atoms in total. The maximum absolute atomic E-state index is 13.6. The fraction of sp³-hybridized carbons (Fsp3) is 0.545. The summed E-state index contributed by atoms with van der Waals surface area (Å²) in [5, 5.41) is 3.55. The summed E-state index contributed by atoms with van der Waals surface area (Å²) < 4.78 is 41.3. The number of fused-ring (bicyclic) bond motifs is 1. The molecule has 1 saturated carbocycles. The lowest BCUT2D eigenvalue weighted by Gasteiger charge is -2.41. The van der Waals surface area contributed by atoms with Crippen molar-refractivity contribution in [2.24, 2.45) is 5.92 Å². The second-order valence-corrected chi connectivity index (χ2v) is 9.25. The summed E-state index contributed by atoms with van der Waals surface area (Å²) in [5.74, 6) is -0.844. The minimum absolute atomic E-state index is 0.157. The van der Waals surface area contributed by atoms with E-state index in [1.807, 2.05) is 4.90 Å². The van der Waals surface area contributed by atoms with Gasteiger partial charge < -0.3 is 9.80 Å². The van der Waals surface area contributed by atoms with Gasteiger partial charge in [0.15, 0.2) is 11.5 Å². The summed E-state index contributed by atoms with van der Waals surface area (Å²) in [6.45, 7) is 3.75. The normalized spacial score (nSPS) is 22.2. The molecule has 178 valence electrons. The molecule has 0 atom stereocenters. The van der Waals surface area contributed by atoms with Gasteiger partial charge >= 0.3 is 6.18 Å². The van der Waals surface area contributed by atoms with Crippen LogP contribution in [0.5, 0.6) is 0 Å². The number of nitrogens with zero attached hydrogens (tertiary/aromatic N) is 4. The molecule has 0 bridgehead atoms. The van der Waals surface area contributed by atoms with E-state index in [2.05, 4.69) is 12.0 Å². The SMILES string of the molecule is CC(=O)c1cc(C(F)(F)F)n2nc(C(=O)N3CCN(C4CCC(C)CC4)C(=O)C3)c(Cl)c2c1. The first kappa shape index (κ1) is 23.5. The van der Waals surface area contributed by atoms with Crippen LogP contribution in [0.1, 0.15) is 66.1 Å². The fourth-order valence-electron chi connectivity index (χ4n) is 4.61. The first-order valence-corrected chi connectivity index (χ1v) is 11.2. The molecule has 1 aliphatic carbocycles. The number of hydrogen-bond acceptors (Lipinski definition) is 4. The molecule has 2 amide bonds. The molecular weight excluding hydrogens is 461 g/mol. The van der Waals surface area contributed by atoms with Crippen LogP contribution in [0.25, 0.3) is 5.52 Å². The van der Waals surface area contributed by atoms with Crippen molar-refractivity contribution in [2.45, 2.75) is 51.7 Å². The lowest BCUT2D eigenvalue weighted by atomic mass is 9.86. The summed E-state index contributed by atoms with van der Waals surface area (Å²) in [6.07, 6.45) is -0.858. The van der Waals surface area contributed by atoms with Crippen molar-refractivity contribution in [2.75, 3.05) is 19.6 Å². The third kappa shape index (κ3) is 4.45. The van der Waals surface area contributed by atoms with Crippen molar-refractivity contribution in [3.8, 4) is 0 Å². The molecular formula is C22H24ClF3N4O3. The average molecular weight is 485 g/mol. The largest absolute Gasteiger partial charge is 0.433 e. The van der Waals surface area contributed by atoms with Crippen molar-refractivity contribution < 1.29 is 27.6 Å². The van der Waals surface area contributed by atoms with E-state index in [1.54, 1.807) is 0 Å². The number of alkyl halides is 3. The molecule has 0 radical (unpaired) electrons. The molecule has 2 fully saturated rings. The predicted molar refractivity (Wildman–Crippen MR) is 114 cm³/mol. The number of carbonyl (C=O) groups excluding carboxylic acids is 3. The Hall–Kier alpha value is -2.62. The zero-order valence-electron chi connectivity index (χ0n) is 18.3. The van der Waals surface area contributed by atoms with E-state index < -0.39 is 23.6 Å². The minimum Gasteiger partial charge on any atom is -0.336 e. The summed E-state index contributed by atoms with van der Waals surface area (Å²) in [7, 11) is 0. The number of piperazine rings is 1. The quantitative estimate of drug-likeness (QED) is 0.615. The molecule has 0 aromatic carbocycles. The highest BCUT2D eigenvalue weighted by atomic mass is 35.5. The van der Waals surface area contributed by atoms with Gasteiger partial charge in [-0.3, -0.25) is 14.4 Å². The van der Waals surface area contributed by atoms with Crippen LogP contribution >= 0.6 is 11.6 Å². The zero-order valence-corrected chi connectivity index (χ0v) is 19.0. The molecule has 2 aliphatic rings. The van der Waals surface area contributed by atoms with Crippen LogP contribution in [0, 0.1) is 5.92 Å². The molecule has 0 spiro atoms. The van der Waals surface area contributed by atoms with Crippen molar-refractivity contribution in [3.63, 3.8) is 0 Å². The number of Topliss-reactive ketones (excluding diaryl/α,β-unsaturated/α-hetero) is 1. The molecule has 0 unspecified atom stereocenters. The number of halogens is 4. The molecule has 11 heteroatoms. The second kappa shape index (κ2) is 8.62. The minimum atomic E-state index is -4.82. The molecule has 33 heavy (non-hydrogen) atoms. The van der Waals surface area contributed by atoms with Gasteiger partial charge in [-0.25, -0.2) is 4.52 Å². The molecule has 4 rings (SSSR count). The Morgan fingerprint density at radius 2 is 1.79 bits per heavy atom. The average Bonchev–Trinajstić information content (AvgIpc) is 3.09. The molecule has 1 saturated heterocycles. The van der Waals surface area contributed by atoms with Crippen LogP contribution in [-0.2, 0) is 11.0 Å². The second-order valence-electron chi connectivity index (χ2n) is 8.87. The van der Waals surface area contributed by atoms with Gasteiger partial charge in [0, 0.05) is 24.7 Å². The van der Waals surface area contributed by atoms with E-state index in [9.17, 15) is 27.6 Å². The number of amides is 2. The summed E-state index contributed by atoms with van der Waals surface area (Å²) in [5.41, 5.74) is -1.98. The van der Waals surface area contributed by atoms with Crippen LogP contribution in [-0.4, -0.2) is 62.7 Å². The van der Waals surface area contributed by atoms with Crippen molar-refractivity contribution in [3.05, 3.63) is 34.1 Å². The van der Waals surface area contributed by atoms with Gasteiger partial charge in [0.1, 0.15) is 12.2 Å². The highest BCUT2D eigenvalue weighted by molar-refractivity contribution is 6.37. The topological polar surface area (TPSA) is 75.0 Å². The van der Waals surface area contributed by atoms with E-state index in [4.69, 9.17) is 11.6 Å². The Balaban J connectivity index is 1.61. The van der Waals surface area contributed by atoms with Gasteiger partial charge in [-0.1, -0.05) is 18.5 Å². The Labute approximate surface area is 193 Å². The summed E-state index contributed by atoms with van der Waals surface area (Å²) in [4.78, 5) is 40.7. The number of pyridine rings is 1.